The van der Waals surface area contributed by atoms with Crippen LogP contribution in [-0.4, -0.2) is 51.9 Å². The molecule has 2 aliphatic rings. The van der Waals surface area contributed by atoms with Crippen molar-refractivity contribution in [3.8, 4) is 5.88 Å². The molecule has 0 amide bonds. The number of rotatable bonds is 3. The van der Waals surface area contributed by atoms with Crippen molar-refractivity contribution in [2.24, 2.45) is 0 Å². The van der Waals surface area contributed by atoms with Crippen LogP contribution in [0.4, 0.5) is 5.82 Å². The lowest BCUT2D eigenvalue weighted by Crippen LogP contribution is -2.55. The number of anilines is 1. The van der Waals surface area contributed by atoms with E-state index < -0.39 is 0 Å². The average molecular weight is 371 g/mol. The van der Waals surface area contributed by atoms with Gasteiger partial charge in [-0.3, -0.25) is 0 Å². The van der Waals surface area contributed by atoms with Gasteiger partial charge < -0.3 is 15.0 Å². The van der Waals surface area contributed by atoms with Crippen LogP contribution < -0.4 is 15.0 Å². The topological polar surface area (TPSA) is 67.6 Å². The van der Waals surface area contributed by atoms with Crippen molar-refractivity contribution in [1.29, 1.82) is 0 Å². The van der Waals surface area contributed by atoms with Gasteiger partial charge >= 0.3 is 0 Å². The van der Waals surface area contributed by atoms with Gasteiger partial charge in [-0.25, -0.2) is 9.97 Å². The Morgan fingerprint density at radius 1 is 1.15 bits per heavy atom. The van der Waals surface area contributed by atoms with E-state index in [1.165, 1.54) is 11.3 Å². The number of aromatic nitrogens is 4. The molecule has 0 radical (unpaired) electrons. The minimum atomic E-state index is 0.0701. The number of ether oxygens (including phenoxy) is 1. The van der Waals surface area contributed by atoms with Crippen LogP contribution in [0, 0.1) is 0 Å². The smallest absolute Gasteiger partial charge is 0.232 e. The fourth-order valence-corrected chi connectivity index (χ4v) is 3.81. The highest BCUT2D eigenvalue weighted by atomic mass is 35.5. The van der Waals surface area contributed by atoms with Gasteiger partial charge in [-0.2, -0.15) is 9.61 Å². The third-order valence-corrected chi connectivity index (χ3v) is 5.22. The lowest BCUT2D eigenvalue weighted by molar-refractivity contribution is 0.159. The third kappa shape index (κ3) is 2.68. The summed E-state index contributed by atoms with van der Waals surface area (Å²) in [6, 6.07) is 5.56. The lowest BCUT2D eigenvalue weighted by atomic mass is 10.1. The van der Waals surface area contributed by atoms with E-state index in [4.69, 9.17) is 21.3 Å². The molecule has 26 heavy (non-hydrogen) atoms. The Hall–Kier alpha value is -2.38. The maximum atomic E-state index is 6.15. The summed E-state index contributed by atoms with van der Waals surface area (Å²) in [5.74, 6) is 1.64. The summed E-state index contributed by atoms with van der Waals surface area (Å²) < 4.78 is 7.91. The van der Waals surface area contributed by atoms with E-state index in [0.717, 1.165) is 50.5 Å². The van der Waals surface area contributed by atoms with Gasteiger partial charge in [0.25, 0.3) is 0 Å². The quantitative estimate of drug-likeness (QED) is 0.757. The Morgan fingerprint density at radius 2 is 2.04 bits per heavy atom. The van der Waals surface area contributed by atoms with Crippen molar-refractivity contribution < 1.29 is 4.74 Å². The van der Waals surface area contributed by atoms with Crippen LogP contribution in [0.1, 0.15) is 11.3 Å². The fourth-order valence-electron chi connectivity index (χ4n) is 3.64. The van der Waals surface area contributed by atoms with E-state index >= 15 is 0 Å². The Bertz CT molecular complexity index is 952. The van der Waals surface area contributed by atoms with Crippen molar-refractivity contribution >= 4 is 23.1 Å². The number of nitrogens with one attached hydrogen (secondary N) is 1. The number of halogens is 1. The van der Waals surface area contributed by atoms with Crippen LogP contribution in [-0.2, 0) is 12.8 Å². The van der Waals surface area contributed by atoms with Crippen molar-refractivity contribution in [3.05, 3.63) is 46.9 Å². The van der Waals surface area contributed by atoms with Crippen molar-refractivity contribution in [3.63, 3.8) is 0 Å². The zero-order chi connectivity index (χ0) is 17.5. The normalized spacial score (nSPS) is 17.7. The van der Waals surface area contributed by atoms with Crippen LogP contribution in [0.3, 0.4) is 0 Å². The molecule has 0 aromatic carbocycles. The standard InChI is InChI=1S/C18H19ClN6O/c19-14-2-1-6-21-17(14)26-12-10-24(11-12)18-13-3-7-20-8-4-15(13)23-16-5-9-22-25(16)18/h1-2,5-6,9,12,20H,3-4,7-8,10-11H2. The summed E-state index contributed by atoms with van der Waals surface area (Å²) in [5.41, 5.74) is 3.37. The molecule has 3 aromatic rings. The summed E-state index contributed by atoms with van der Waals surface area (Å²) in [6.45, 7) is 3.50. The first-order valence-corrected chi connectivity index (χ1v) is 9.26. The second-order valence-electron chi connectivity index (χ2n) is 6.65. The highest BCUT2D eigenvalue weighted by Crippen LogP contribution is 2.31. The SMILES string of the molecule is Clc1cccnc1OC1CN(c2c3c(nc4ccnn24)CCNCC3)C1. The summed E-state index contributed by atoms with van der Waals surface area (Å²) in [7, 11) is 0. The number of pyridine rings is 1. The van der Waals surface area contributed by atoms with E-state index in [1.807, 2.05) is 16.8 Å². The molecule has 0 aliphatic carbocycles. The number of nitrogens with zero attached hydrogens (tertiary/aromatic N) is 5. The van der Waals surface area contributed by atoms with Crippen LogP contribution in [0.15, 0.2) is 30.6 Å². The Labute approximate surface area is 156 Å². The molecule has 5 heterocycles. The number of fused-ring (bicyclic) bond motifs is 2. The van der Waals surface area contributed by atoms with Gasteiger partial charge in [-0.15, -0.1) is 0 Å². The van der Waals surface area contributed by atoms with Crippen molar-refractivity contribution in [2.45, 2.75) is 18.9 Å². The molecular weight excluding hydrogens is 352 g/mol. The summed E-state index contributed by atoms with van der Waals surface area (Å²) in [6.07, 6.45) is 5.48. The molecule has 8 heteroatoms. The molecule has 5 rings (SSSR count). The predicted octanol–water partition coefficient (Wildman–Crippen LogP) is 1.73. The monoisotopic (exact) mass is 370 g/mol. The second-order valence-corrected chi connectivity index (χ2v) is 7.05. The van der Waals surface area contributed by atoms with E-state index in [0.29, 0.717) is 10.9 Å². The molecule has 0 saturated carbocycles. The van der Waals surface area contributed by atoms with Gasteiger partial charge in [0.2, 0.25) is 5.88 Å². The molecule has 0 spiro atoms. The third-order valence-electron chi connectivity index (χ3n) is 4.93. The van der Waals surface area contributed by atoms with Crippen LogP contribution in [0.2, 0.25) is 5.02 Å². The maximum absolute atomic E-state index is 6.15. The van der Waals surface area contributed by atoms with Gasteiger partial charge in [-0.05, 0) is 25.1 Å². The molecular formula is C18H19ClN6O. The molecule has 1 saturated heterocycles. The molecule has 3 aromatic heterocycles. The molecule has 0 unspecified atom stereocenters. The minimum absolute atomic E-state index is 0.0701. The molecule has 2 aliphatic heterocycles. The molecule has 7 nitrogen and oxygen atoms in total. The van der Waals surface area contributed by atoms with Crippen molar-refractivity contribution in [1.82, 2.24) is 24.9 Å². The summed E-state index contributed by atoms with van der Waals surface area (Å²) in [4.78, 5) is 11.3. The Morgan fingerprint density at radius 3 is 2.92 bits per heavy atom. The Kier molecular flexibility index (Phi) is 3.90. The highest BCUT2D eigenvalue weighted by Gasteiger charge is 2.34. The lowest BCUT2D eigenvalue weighted by Gasteiger charge is -2.41. The molecule has 0 atom stereocenters. The molecule has 0 bridgehead atoms. The van der Waals surface area contributed by atoms with Gasteiger partial charge in [0.05, 0.1) is 25.0 Å². The largest absolute Gasteiger partial charge is 0.470 e. The van der Waals surface area contributed by atoms with E-state index in [2.05, 4.69) is 20.3 Å². The zero-order valence-corrected chi connectivity index (χ0v) is 15.0. The predicted molar refractivity (Wildman–Crippen MR) is 99.1 cm³/mol. The molecule has 1 fully saturated rings. The van der Waals surface area contributed by atoms with Crippen LogP contribution in [0.25, 0.3) is 5.65 Å². The first kappa shape index (κ1) is 15.8. The van der Waals surface area contributed by atoms with Gasteiger partial charge in [-0.1, -0.05) is 11.6 Å². The Balaban J connectivity index is 1.43. The van der Waals surface area contributed by atoms with Crippen molar-refractivity contribution in [2.75, 3.05) is 31.1 Å². The first-order chi connectivity index (χ1) is 12.8. The van der Waals surface area contributed by atoms with Crippen LogP contribution >= 0.6 is 11.6 Å². The molecule has 1 N–H and O–H groups in total. The average Bonchev–Trinajstić information content (AvgIpc) is 2.95. The van der Waals surface area contributed by atoms with Crippen LogP contribution in [0.5, 0.6) is 5.88 Å². The fraction of sp³-hybridized carbons (Fsp3) is 0.389. The summed E-state index contributed by atoms with van der Waals surface area (Å²) in [5, 5.41) is 8.50. The maximum Gasteiger partial charge on any atom is 0.232 e. The first-order valence-electron chi connectivity index (χ1n) is 8.88. The molecule has 134 valence electrons. The second kappa shape index (κ2) is 6.41. The highest BCUT2D eigenvalue weighted by molar-refractivity contribution is 6.31. The number of hydrogen-bond donors (Lipinski definition) is 1. The van der Waals surface area contributed by atoms with Gasteiger partial charge in [0.15, 0.2) is 5.65 Å². The van der Waals surface area contributed by atoms with Gasteiger partial charge in [0.1, 0.15) is 16.9 Å². The van der Waals surface area contributed by atoms with E-state index in [-0.39, 0.29) is 6.10 Å². The van der Waals surface area contributed by atoms with Gasteiger partial charge in [0, 0.05) is 30.8 Å². The zero-order valence-electron chi connectivity index (χ0n) is 14.2. The van der Waals surface area contributed by atoms with E-state index in [9.17, 15) is 0 Å². The summed E-state index contributed by atoms with van der Waals surface area (Å²) >= 11 is 6.15. The van der Waals surface area contributed by atoms with E-state index in [1.54, 1.807) is 18.3 Å². The number of hydrogen-bond acceptors (Lipinski definition) is 6. The minimum Gasteiger partial charge on any atom is -0.470 e.